The van der Waals surface area contributed by atoms with E-state index in [0.29, 0.717) is 19.6 Å². The van der Waals surface area contributed by atoms with E-state index < -0.39 is 35.6 Å². The van der Waals surface area contributed by atoms with Gasteiger partial charge in [-0.05, 0) is 31.4 Å². The SMILES string of the molecule is COC(=O)COCCOCCCCCC(=O)Nc1cccc2c1C(=O)N(C1CCC(=O)NC1=O)C2=O. The number of carbonyl (C=O) groups excluding carboxylic acids is 6. The predicted octanol–water partition coefficient (Wildman–Crippen LogP) is 0.793. The van der Waals surface area contributed by atoms with E-state index >= 15 is 0 Å². The monoisotopic (exact) mass is 503 g/mol. The molecular formula is C24H29N3O9. The molecule has 1 atom stereocenters. The first kappa shape index (κ1) is 27.0. The van der Waals surface area contributed by atoms with Crippen LogP contribution in [0.3, 0.4) is 0 Å². The highest BCUT2D eigenvalue weighted by molar-refractivity contribution is 6.26. The average Bonchev–Trinajstić information content (AvgIpc) is 3.10. The Balaban J connectivity index is 1.42. The van der Waals surface area contributed by atoms with Crippen LogP contribution in [0.15, 0.2) is 18.2 Å². The number of piperidine rings is 1. The summed E-state index contributed by atoms with van der Waals surface area (Å²) in [6.07, 6.45) is 2.37. The molecule has 12 heteroatoms. The number of imide groups is 2. The summed E-state index contributed by atoms with van der Waals surface area (Å²) in [6, 6.07) is 3.49. The van der Waals surface area contributed by atoms with Crippen LogP contribution in [0.5, 0.6) is 0 Å². The van der Waals surface area contributed by atoms with Gasteiger partial charge in [-0.15, -0.1) is 0 Å². The van der Waals surface area contributed by atoms with Crippen molar-refractivity contribution in [2.24, 2.45) is 0 Å². The zero-order valence-electron chi connectivity index (χ0n) is 20.0. The first-order valence-corrected chi connectivity index (χ1v) is 11.7. The van der Waals surface area contributed by atoms with Gasteiger partial charge in [-0.3, -0.25) is 34.2 Å². The number of hydrogen-bond acceptors (Lipinski definition) is 9. The summed E-state index contributed by atoms with van der Waals surface area (Å²) in [5.41, 5.74) is 0.361. The number of rotatable bonds is 13. The maximum Gasteiger partial charge on any atom is 0.331 e. The van der Waals surface area contributed by atoms with Crippen molar-refractivity contribution < 1.29 is 43.0 Å². The lowest BCUT2D eigenvalue weighted by Crippen LogP contribution is -2.54. The Bertz CT molecular complexity index is 1040. The first-order chi connectivity index (χ1) is 17.3. The first-order valence-electron chi connectivity index (χ1n) is 11.7. The molecule has 0 aliphatic carbocycles. The molecule has 3 rings (SSSR count). The highest BCUT2D eigenvalue weighted by Gasteiger charge is 2.45. The van der Waals surface area contributed by atoms with Crippen LogP contribution in [0.1, 0.15) is 59.2 Å². The molecule has 1 fully saturated rings. The lowest BCUT2D eigenvalue weighted by Gasteiger charge is -2.27. The van der Waals surface area contributed by atoms with Crippen molar-refractivity contribution in [1.82, 2.24) is 10.2 Å². The Hall–Kier alpha value is -3.64. The summed E-state index contributed by atoms with van der Waals surface area (Å²) in [7, 11) is 1.28. The van der Waals surface area contributed by atoms with Crippen molar-refractivity contribution in [3.63, 3.8) is 0 Å². The molecule has 2 heterocycles. The fourth-order valence-electron chi connectivity index (χ4n) is 3.93. The van der Waals surface area contributed by atoms with Gasteiger partial charge in [0.15, 0.2) is 0 Å². The van der Waals surface area contributed by atoms with Crippen molar-refractivity contribution in [2.75, 3.05) is 38.9 Å². The van der Waals surface area contributed by atoms with Gasteiger partial charge < -0.3 is 19.5 Å². The van der Waals surface area contributed by atoms with E-state index in [0.717, 1.165) is 17.7 Å². The molecule has 2 aliphatic rings. The Morgan fingerprint density at radius 1 is 1.03 bits per heavy atom. The summed E-state index contributed by atoms with van der Waals surface area (Å²) in [5.74, 6) is -3.19. The number of nitrogens with zero attached hydrogens (tertiary/aromatic N) is 1. The zero-order chi connectivity index (χ0) is 26.1. The molecule has 1 saturated heterocycles. The van der Waals surface area contributed by atoms with Gasteiger partial charge in [0.2, 0.25) is 17.7 Å². The third-order valence-corrected chi connectivity index (χ3v) is 5.75. The van der Waals surface area contributed by atoms with Crippen molar-refractivity contribution in [3.8, 4) is 0 Å². The molecule has 2 N–H and O–H groups in total. The molecule has 1 aromatic carbocycles. The molecule has 36 heavy (non-hydrogen) atoms. The number of unbranched alkanes of at least 4 members (excludes halogenated alkanes) is 2. The molecule has 0 saturated carbocycles. The molecule has 1 aromatic rings. The highest BCUT2D eigenvalue weighted by Crippen LogP contribution is 2.32. The van der Waals surface area contributed by atoms with Crippen molar-refractivity contribution in [1.29, 1.82) is 0 Å². The van der Waals surface area contributed by atoms with Gasteiger partial charge >= 0.3 is 5.97 Å². The van der Waals surface area contributed by atoms with Gasteiger partial charge in [0, 0.05) is 19.4 Å². The molecule has 1 unspecified atom stereocenters. The minimum atomic E-state index is -1.07. The molecule has 0 radical (unpaired) electrons. The lowest BCUT2D eigenvalue weighted by molar-refractivity contribution is -0.146. The van der Waals surface area contributed by atoms with Crippen LogP contribution in [-0.4, -0.2) is 80.0 Å². The van der Waals surface area contributed by atoms with Crippen molar-refractivity contribution in [3.05, 3.63) is 29.3 Å². The van der Waals surface area contributed by atoms with Gasteiger partial charge in [0.1, 0.15) is 12.6 Å². The van der Waals surface area contributed by atoms with E-state index in [4.69, 9.17) is 9.47 Å². The van der Waals surface area contributed by atoms with E-state index in [1.165, 1.54) is 19.2 Å². The number of carbonyl (C=O) groups is 6. The second-order valence-corrected chi connectivity index (χ2v) is 8.28. The van der Waals surface area contributed by atoms with E-state index in [1.54, 1.807) is 6.07 Å². The van der Waals surface area contributed by atoms with Crippen LogP contribution in [0, 0.1) is 0 Å². The fourth-order valence-corrected chi connectivity index (χ4v) is 3.93. The van der Waals surface area contributed by atoms with E-state index in [1.807, 2.05) is 0 Å². The van der Waals surface area contributed by atoms with Crippen LogP contribution in [0.25, 0.3) is 0 Å². The number of amides is 5. The minimum absolute atomic E-state index is 0.0294. The van der Waals surface area contributed by atoms with Crippen molar-refractivity contribution >= 4 is 41.2 Å². The van der Waals surface area contributed by atoms with Gasteiger partial charge in [-0.25, -0.2) is 4.79 Å². The largest absolute Gasteiger partial charge is 0.467 e. The molecule has 5 amide bonds. The number of hydrogen-bond donors (Lipinski definition) is 2. The Morgan fingerprint density at radius 3 is 2.56 bits per heavy atom. The minimum Gasteiger partial charge on any atom is -0.467 e. The Morgan fingerprint density at radius 2 is 1.81 bits per heavy atom. The maximum absolute atomic E-state index is 13.1. The van der Waals surface area contributed by atoms with Crippen LogP contribution >= 0.6 is 0 Å². The van der Waals surface area contributed by atoms with E-state index in [-0.39, 0.29) is 55.2 Å². The summed E-state index contributed by atoms with van der Waals surface area (Å²) >= 11 is 0. The Labute approximate surface area is 207 Å². The molecule has 194 valence electrons. The summed E-state index contributed by atoms with van der Waals surface area (Å²) in [4.78, 5) is 73.8. The van der Waals surface area contributed by atoms with Gasteiger partial charge in [-0.2, -0.15) is 0 Å². The van der Waals surface area contributed by atoms with Crippen LogP contribution in [-0.2, 0) is 33.4 Å². The number of esters is 1. The average molecular weight is 504 g/mol. The molecule has 0 spiro atoms. The molecule has 2 aliphatic heterocycles. The molecule has 12 nitrogen and oxygen atoms in total. The quantitative estimate of drug-likeness (QED) is 0.226. The normalized spacial score (nSPS) is 17.1. The fraction of sp³-hybridized carbons (Fsp3) is 0.500. The number of nitrogens with one attached hydrogen (secondary N) is 2. The van der Waals surface area contributed by atoms with Crippen LogP contribution in [0.4, 0.5) is 5.69 Å². The van der Waals surface area contributed by atoms with Gasteiger partial charge in [0.25, 0.3) is 11.8 Å². The number of benzene rings is 1. The smallest absolute Gasteiger partial charge is 0.331 e. The number of fused-ring (bicyclic) bond motifs is 1. The molecule has 0 aromatic heterocycles. The molecular weight excluding hydrogens is 474 g/mol. The summed E-state index contributed by atoms with van der Waals surface area (Å²) in [5, 5.41) is 4.85. The third kappa shape index (κ3) is 6.73. The number of methoxy groups -OCH3 is 1. The van der Waals surface area contributed by atoms with Crippen molar-refractivity contribution in [2.45, 2.75) is 44.6 Å². The van der Waals surface area contributed by atoms with Gasteiger partial charge in [0.05, 0.1) is 37.1 Å². The second-order valence-electron chi connectivity index (χ2n) is 8.28. The Kier molecular flexibility index (Phi) is 9.65. The van der Waals surface area contributed by atoms with E-state index in [2.05, 4.69) is 15.4 Å². The highest BCUT2D eigenvalue weighted by atomic mass is 16.6. The van der Waals surface area contributed by atoms with Gasteiger partial charge in [-0.1, -0.05) is 12.5 Å². The van der Waals surface area contributed by atoms with E-state index in [9.17, 15) is 28.8 Å². The van der Waals surface area contributed by atoms with Crippen LogP contribution in [0.2, 0.25) is 0 Å². The number of ether oxygens (including phenoxy) is 3. The predicted molar refractivity (Wildman–Crippen MR) is 124 cm³/mol. The maximum atomic E-state index is 13.1. The zero-order valence-corrected chi connectivity index (χ0v) is 20.0. The lowest BCUT2D eigenvalue weighted by atomic mass is 10.0. The van der Waals surface area contributed by atoms with Crippen LogP contribution < -0.4 is 10.6 Å². The topological polar surface area (TPSA) is 157 Å². The summed E-state index contributed by atoms with van der Waals surface area (Å²) < 4.78 is 14.9. The summed E-state index contributed by atoms with van der Waals surface area (Å²) in [6.45, 7) is 0.997. The number of anilines is 1. The second kappa shape index (κ2) is 12.9. The molecule has 0 bridgehead atoms. The standard InChI is InChI=1S/C24H29N3O9/c1-34-20(30)14-36-13-12-35-11-4-2-3-8-18(28)25-16-7-5-6-15-21(16)24(33)27(23(15)32)17-9-10-19(29)26-22(17)31/h5-7,17H,2-4,8-14H2,1H3,(H,25,28)(H,26,29,31). The third-order valence-electron chi connectivity index (χ3n) is 5.75.